The van der Waals surface area contributed by atoms with Crippen LogP contribution in [0.3, 0.4) is 0 Å². The molecule has 0 aliphatic carbocycles. The summed E-state index contributed by atoms with van der Waals surface area (Å²) in [6.07, 6.45) is 45.8. The van der Waals surface area contributed by atoms with Crippen molar-refractivity contribution in [2.24, 2.45) is 0 Å². The molecule has 11 heteroatoms. The topological polar surface area (TPSA) is 149 Å². The van der Waals surface area contributed by atoms with Crippen molar-refractivity contribution < 1.29 is 47.8 Å². The highest BCUT2D eigenvalue weighted by molar-refractivity contribution is 7.47. The Balaban J connectivity index is 4.41. The van der Waals surface area contributed by atoms with Gasteiger partial charge in [0.25, 0.3) is 0 Å². The van der Waals surface area contributed by atoms with Gasteiger partial charge in [-0.1, -0.05) is 138 Å². The normalized spacial score (nSPS) is 14.6. The van der Waals surface area contributed by atoms with E-state index in [0.717, 1.165) is 83.5 Å². The number of carbonyl (C=O) groups excluding carboxylic acids is 2. The van der Waals surface area contributed by atoms with Crippen molar-refractivity contribution in [1.82, 2.24) is 0 Å². The molecule has 3 atom stereocenters. The van der Waals surface area contributed by atoms with Gasteiger partial charge in [-0.05, 0) is 83.5 Å². The molecule has 0 aromatic carbocycles. The number of hydrogen-bond donors (Lipinski definition) is 3. The second-order valence-electron chi connectivity index (χ2n) is 14.0. The fraction of sp³-hybridized carbons (Fsp3) is 0.689. The van der Waals surface area contributed by atoms with Gasteiger partial charge in [0.1, 0.15) is 12.7 Å². The van der Waals surface area contributed by atoms with Crippen LogP contribution in [0.2, 0.25) is 0 Å². The minimum atomic E-state index is -4.63. The Hall–Kier alpha value is -2.59. The molecular weight excluding hydrogens is 731 g/mol. The highest BCUT2D eigenvalue weighted by Gasteiger charge is 2.27. The van der Waals surface area contributed by atoms with Gasteiger partial charge in [-0.25, -0.2) is 4.57 Å². The maximum Gasteiger partial charge on any atom is 0.472 e. The first kappa shape index (κ1) is 53.4. The van der Waals surface area contributed by atoms with Gasteiger partial charge in [-0.15, -0.1) is 0 Å². The Kier molecular flexibility index (Phi) is 38.7. The Morgan fingerprint density at radius 2 is 0.946 bits per heavy atom. The molecule has 0 aromatic rings. The molecule has 0 heterocycles. The van der Waals surface area contributed by atoms with Gasteiger partial charge >= 0.3 is 19.8 Å². The van der Waals surface area contributed by atoms with Crippen molar-refractivity contribution in [3.05, 3.63) is 72.9 Å². The Bertz CT molecular complexity index is 1160. The molecule has 0 aliphatic rings. The first-order chi connectivity index (χ1) is 27.2. The quantitative estimate of drug-likeness (QED) is 0.0237. The Morgan fingerprint density at radius 1 is 0.536 bits per heavy atom. The van der Waals surface area contributed by atoms with E-state index in [1.165, 1.54) is 38.5 Å². The van der Waals surface area contributed by atoms with Crippen LogP contribution in [0.25, 0.3) is 0 Å². The van der Waals surface area contributed by atoms with Gasteiger partial charge in [-0.2, -0.15) is 0 Å². The zero-order chi connectivity index (χ0) is 41.2. The number of rotatable bonds is 39. The van der Waals surface area contributed by atoms with Gasteiger partial charge in [0.05, 0.1) is 19.8 Å². The van der Waals surface area contributed by atoms with Crippen LogP contribution < -0.4 is 0 Å². The third-order valence-corrected chi connectivity index (χ3v) is 9.53. The lowest BCUT2D eigenvalue weighted by Crippen LogP contribution is -2.29. The van der Waals surface area contributed by atoms with Gasteiger partial charge in [0.15, 0.2) is 6.10 Å². The molecule has 56 heavy (non-hydrogen) atoms. The van der Waals surface area contributed by atoms with Crippen LogP contribution in [0.4, 0.5) is 0 Å². The van der Waals surface area contributed by atoms with Gasteiger partial charge in [0, 0.05) is 12.8 Å². The monoisotopic (exact) mass is 809 g/mol. The SMILES string of the molecule is CCCC/C=C/C/C=C/CCCCCCCC(=O)OC[C@H](COP(=O)(O)OC[C@@H](O)CO)OC(=O)CCCCC/C=C/C/C=C/C/C=C/C/C=C/CCCCC. The van der Waals surface area contributed by atoms with Crippen LogP contribution >= 0.6 is 7.82 Å². The molecule has 0 radical (unpaired) electrons. The number of phosphoric ester groups is 1. The van der Waals surface area contributed by atoms with Crippen molar-refractivity contribution in [2.75, 3.05) is 26.4 Å². The van der Waals surface area contributed by atoms with E-state index < -0.39 is 51.8 Å². The Labute approximate surface area is 339 Å². The zero-order valence-corrected chi connectivity index (χ0v) is 35.7. The van der Waals surface area contributed by atoms with Crippen LogP contribution in [0, 0.1) is 0 Å². The lowest BCUT2D eigenvalue weighted by atomic mass is 10.1. The van der Waals surface area contributed by atoms with Gasteiger partial charge in [0.2, 0.25) is 0 Å². The smallest absolute Gasteiger partial charge is 0.462 e. The highest BCUT2D eigenvalue weighted by Crippen LogP contribution is 2.43. The number of hydrogen-bond acceptors (Lipinski definition) is 9. The standard InChI is InChI=1S/C45H77O10P/c1-3-5-7-9-11-13-15-17-19-20-21-22-23-25-27-29-31-33-35-37-45(49)55-43(41-54-56(50,51)53-39-42(47)38-46)40-52-44(48)36-34-32-30-28-26-24-18-16-14-12-10-8-6-4-2/h10-13,16-19,21-22,25,27,42-43,46-47H,3-9,14-15,20,23-24,26,28-41H2,1-2H3,(H,50,51)/b12-10+,13-11+,18-16+,19-17+,22-21+,27-25+/t42-,43+/m0/s1. The summed E-state index contributed by atoms with van der Waals surface area (Å²) in [5.74, 6) is -0.984. The van der Waals surface area contributed by atoms with E-state index in [0.29, 0.717) is 12.8 Å². The van der Waals surface area contributed by atoms with Gasteiger partial charge < -0.3 is 24.6 Å². The number of phosphoric acid groups is 1. The fourth-order valence-corrected chi connectivity index (χ4v) is 6.02. The van der Waals surface area contributed by atoms with Crippen LogP contribution in [0.15, 0.2) is 72.9 Å². The molecular formula is C45H77O10P. The molecule has 0 saturated heterocycles. The number of allylic oxidation sites excluding steroid dienone is 12. The van der Waals surface area contributed by atoms with Crippen molar-refractivity contribution >= 4 is 19.8 Å². The van der Waals surface area contributed by atoms with Crippen molar-refractivity contribution in [3.8, 4) is 0 Å². The molecule has 0 amide bonds. The summed E-state index contributed by atoms with van der Waals surface area (Å²) in [5, 5.41) is 18.3. The summed E-state index contributed by atoms with van der Waals surface area (Å²) in [6, 6.07) is 0. The second kappa shape index (κ2) is 40.6. The second-order valence-corrected chi connectivity index (χ2v) is 15.5. The largest absolute Gasteiger partial charge is 0.472 e. The zero-order valence-electron chi connectivity index (χ0n) is 34.8. The van der Waals surface area contributed by atoms with E-state index in [2.05, 4.69) is 91.3 Å². The first-order valence-corrected chi connectivity index (χ1v) is 22.9. The number of unbranched alkanes of at least 4 members (excludes halogenated alkanes) is 13. The van der Waals surface area contributed by atoms with Crippen LogP contribution in [0.5, 0.6) is 0 Å². The number of aliphatic hydroxyl groups is 2. The summed E-state index contributed by atoms with van der Waals surface area (Å²) in [4.78, 5) is 35.0. The average molecular weight is 809 g/mol. The maximum absolute atomic E-state index is 12.6. The molecule has 0 aliphatic heterocycles. The molecule has 322 valence electrons. The van der Waals surface area contributed by atoms with E-state index in [9.17, 15) is 24.2 Å². The molecule has 0 spiro atoms. The summed E-state index contributed by atoms with van der Waals surface area (Å²) in [6.45, 7) is 2.24. The van der Waals surface area contributed by atoms with E-state index in [4.69, 9.17) is 19.1 Å². The van der Waals surface area contributed by atoms with Gasteiger partial charge in [-0.3, -0.25) is 18.6 Å². The maximum atomic E-state index is 12.6. The molecule has 3 N–H and O–H groups in total. The van der Waals surface area contributed by atoms with Crippen LogP contribution in [-0.4, -0.2) is 65.7 Å². The predicted molar refractivity (Wildman–Crippen MR) is 228 cm³/mol. The van der Waals surface area contributed by atoms with Crippen molar-refractivity contribution in [1.29, 1.82) is 0 Å². The first-order valence-electron chi connectivity index (χ1n) is 21.4. The molecule has 0 saturated carbocycles. The molecule has 0 fully saturated rings. The summed E-state index contributed by atoms with van der Waals surface area (Å²) in [7, 11) is -4.63. The third kappa shape index (κ3) is 39.6. The van der Waals surface area contributed by atoms with E-state index in [1.54, 1.807) is 0 Å². The molecule has 0 bridgehead atoms. The average Bonchev–Trinajstić information content (AvgIpc) is 3.19. The van der Waals surface area contributed by atoms with Crippen molar-refractivity contribution in [2.45, 2.75) is 174 Å². The summed E-state index contributed by atoms with van der Waals surface area (Å²) >= 11 is 0. The number of carbonyl (C=O) groups is 2. The number of esters is 2. The molecule has 1 unspecified atom stereocenters. The number of ether oxygens (including phenoxy) is 2. The Morgan fingerprint density at radius 3 is 1.46 bits per heavy atom. The lowest BCUT2D eigenvalue weighted by Gasteiger charge is -2.20. The van der Waals surface area contributed by atoms with E-state index >= 15 is 0 Å². The molecule has 0 aromatic heterocycles. The predicted octanol–water partition coefficient (Wildman–Crippen LogP) is 11.3. The third-order valence-electron chi connectivity index (χ3n) is 8.58. The highest BCUT2D eigenvalue weighted by atomic mass is 31.2. The van der Waals surface area contributed by atoms with Crippen LogP contribution in [-0.2, 0) is 32.7 Å². The van der Waals surface area contributed by atoms with Crippen LogP contribution in [0.1, 0.15) is 162 Å². The lowest BCUT2D eigenvalue weighted by molar-refractivity contribution is -0.161. The van der Waals surface area contributed by atoms with E-state index in [-0.39, 0.29) is 19.4 Å². The van der Waals surface area contributed by atoms with Crippen molar-refractivity contribution in [3.63, 3.8) is 0 Å². The number of aliphatic hydroxyl groups excluding tert-OH is 2. The minimum absolute atomic E-state index is 0.140. The van der Waals surface area contributed by atoms with E-state index in [1.807, 2.05) is 0 Å². The minimum Gasteiger partial charge on any atom is -0.462 e. The summed E-state index contributed by atoms with van der Waals surface area (Å²) in [5.41, 5.74) is 0. The molecule has 0 rings (SSSR count). The molecule has 10 nitrogen and oxygen atoms in total. The summed E-state index contributed by atoms with van der Waals surface area (Å²) < 4.78 is 32.6. The fourth-order valence-electron chi connectivity index (χ4n) is 5.23.